The van der Waals surface area contributed by atoms with E-state index in [4.69, 9.17) is 11.5 Å². The Hall–Kier alpha value is -2.99. The lowest BCUT2D eigenvalue weighted by molar-refractivity contribution is -0.130. The number of sulfonamides is 1. The first-order valence-electron chi connectivity index (χ1n) is 9.69. The number of guanidine groups is 1. The van der Waals surface area contributed by atoms with E-state index in [0.717, 1.165) is 0 Å². The number of nitrogens with zero attached hydrogens (tertiary/aromatic N) is 1. The van der Waals surface area contributed by atoms with Gasteiger partial charge in [0.2, 0.25) is 21.8 Å². The second-order valence-corrected chi connectivity index (χ2v) is 8.77. The van der Waals surface area contributed by atoms with Gasteiger partial charge in [0.25, 0.3) is 0 Å². The molecule has 0 spiro atoms. The van der Waals surface area contributed by atoms with Gasteiger partial charge in [0, 0.05) is 6.54 Å². The van der Waals surface area contributed by atoms with Gasteiger partial charge in [-0.15, -0.1) is 0 Å². The van der Waals surface area contributed by atoms with Crippen molar-refractivity contribution in [2.45, 2.75) is 50.6 Å². The Labute approximate surface area is 182 Å². The Balaban J connectivity index is 2.52. The molecule has 0 aromatic heterocycles. The van der Waals surface area contributed by atoms with Gasteiger partial charge in [-0.05, 0) is 32.3 Å². The number of hydrogen-bond donors (Lipinski definition) is 5. The smallest absolute Gasteiger partial charge is 0.242 e. The standard InChI is InChI=1S/C19H30N6O5S/c1-13(17(27)24-16(11-26)9-6-10-22-19(20)21)23-18(28)14(2)25-31(29,30)12-15-7-4-3-5-8-15/h3-5,7-8,11,13-14,16,25H,6,9-10,12H2,1-2H3,(H,23,28)(H,24,27)(H4,20,21,22)/t13-,14?,16?/m0/s1. The van der Waals surface area contributed by atoms with Crippen LogP contribution < -0.4 is 26.8 Å². The molecular weight excluding hydrogens is 424 g/mol. The lowest BCUT2D eigenvalue weighted by atomic mass is 10.1. The number of amides is 2. The molecular formula is C19H30N6O5S. The van der Waals surface area contributed by atoms with Gasteiger partial charge < -0.3 is 26.9 Å². The maximum absolute atomic E-state index is 12.3. The van der Waals surface area contributed by atoms with Crippen LogP contribution >= 0.6 is 0 Å². The maximum atomic E-state index is 12.3. The molecule has 0 radical (unpaired) electrons. The summed E-state index contributed by atoms with van der Waals surface area (Å²) in [5.41, 5.74) is 11.0. The zero-order valence-electron chi connectivity index (χ0n) is 17.6. The highest BCUT2D eigenvalue weighted by atomic mass is 32.2. The van der Waals surface area contributed by atoms with E-state index in [-0.39, 0.29) is 11.7 Å². The van der Waals surface area contributed by atoms with Crippen LogP contribution in [0.1, 0.15) is 32.3 Å². The van der Waals surface area contributed by atoms with Crippen molar-refractivity contribution >= 4 is 34.1 Å². The van der Waals surface area contributed by atoms with E-state index in [2.05, 4.69) is 20.3 Å². The monoisotopic (exact) mass is 454 g/mol. The third-order valence-corrected chi connectivity index (χ3v) is 5.59. The predicted molar refractivity (Wildman–Crippen MR) is 117 cm³/mol. The summed E-state index contributed by atoms with van der Waals surface area (Å²) < 4.78 is 26.8. The topological polar surface area (TPSA) is 186 Å². The largest absolute Gasteiger partial charge is 0.370 e. The van der Waals surface area contributed by atoms with Gasteiger partial charge in [-0.25, -0.2) is 13.1 Å². The molecule has 7 N–H and O–H groups in total. The summed E-state index contributed by atoms with van der Waals surface area (Å²) in [6.07, 6.45) is 1.38. The number of hydrogen-bond acceptors (Lipinski definition) is 6. The average Bonchev–Trinajstić information content (AvgIpc) is 2.69. The number of carbonyl (C=O) groups excluding carboxylic acids is 3. The predicted octanol–water partition coefficient (Wildman–Crippen LogP) is -1.26. The molecule has 2 amide bonds. The van der Waals surface area contributed by atoms with Crippen LogP contribution in [0.5, 0.6) is 0 Å². The Morgan fingerprint density at radius 2 is 1.68 bits per heavy atom. The third kappa shape index (κ3) is 10.6. The molecule has 0 saturated carbocycles. The second kappa shape index (κ2) is 12.6. The normalized spacial score (nSPS) is 14.0. The lowest BCUT2D eigenvalue weighted by Crippen LogP contribution is -2.53. The van der Waals surface area contributed by atoms with E-state index < -0.39 is 40.0 Å². The number of benzene rings is 1. The fourth-order valence-electron chi connectivity index (χ4n) is 2.56. The first-order chi connectivity index (χ1) is 14.5. The van der Waals surface area contributed by atoms with Crippen LogP contribution in [0, 0.1) is 0 Å². The number of nitrogens with one attached hydrogen (secondary N) is 3. The first kappa shape index (κ1) is 26.0. The Kier molecular flexibility index (Phi) is 10.6. The molecule has 0 aliphatic heterocycles. The molecule has 0 fully saturated rings. The van der Waals surface area contributed by atoms with Crippen molar-refractivity contribution in [3.63, 3.8) is 0 Å². The van der Waals surface area contributed by atoms with Crippen LogP contribution in [0.25, 0.3) is 0 Å². The van der Waals surface area contributed by atoms with Crippen LogP contribution in [-0.2, 0) is 30.2 Å². The summed E-state index contributed by atoms with van der Waals surface area (Å²) in [5.74, 6) is -1.58. The van der Waals surface area contributed by atoms with Crippen molar-refractivity contribution in [1.82, 2.24) is 15.4 Å². The minimum atomic E-state index is -3.76. The molecule has 1 aromatic rings. The van der Waals surface area contributed by atoms with E-state index >= 15 is 0 Å². The highest BCUT2D eigenvalue weighted by Gasteiger charge is 2.24. The summed E-state index contributed by atoms with van der Waals surface area (Å²) in [6, 6.07) is 5.70. The third-order valence-electron chi connectivity index (χ3n) is 4.16. The zero-order chi connectivity index (χ0) is 23.4. The number of carbonyl (C=O) groups is 3. The summed E-state index contributed by atoms with van der Waals surface area (Å²) in [4.78, 5) is 39.5. The minimum Gasteiger partial charge on any atom is -0.370 e. The van der Waals surface area contributed by atoms with Gasteiger partial charge in [0.15, 0.2) is 5.96 Å². The number of nitrogens with two attached hydrogens (primary N) is 2. The van der Waals surface area contributed by atoms with E-state index in [1.807, 2.05) is 0 Å². The Morgan fingerprint density at radius 1 is 1.06 bits per heavy atom. The zero-order valence-corrected chi connectivity index (χ0v) is 18.4. The number of aldehydes is 1. The van der Waals surface area contributed by atoms with Crippen LogP contribution in [0.3, 0.4) is 0 Å². The van der Waals surface area contributed by atoms with Gasteiger partial charge in [-0.3, -0.25) is 14.6 Å². The number of rotatable bonds is 13. The van der Waals surface area contributed by atoms with Crippen molar-refractivity contribution in [1.29, 1.82) is 0 Å². The summed E-state index contributed by atoms with van der Waals surface area (Å²) in [6.45, 7) is 3.12. The highest BCUT2D eigenvalue weighted by Crippen LogP contribution is 2.05. The highest BCUT2D eigenvalue weighted by molar-refractivity contribution is 7.88. The maximum Gasteiger partial charge on any atom is 0.242 e. The molecule has 0 bridgehead atoms. The van der Waals surface area contributed by atoms with Gasteiger partial charge in [-0.1, -0.05) is 30.3 Å². The van der Waals surface area contributed by atoms with Crippen molar-refractivity contribution in [2.24, 2.45) is 16.5 Å². The lowest BCUT2D eigenvalue weighted by Gasteiger charge is -2.20. The quantitative estimate of drug-likeness (QED) is 0.106. The van der Waals surface area contributed by atoms with E-state index in [9.17, 15) is 22.8 Å². The molecule has 3 atom stereocenters. The van der Waals surface area contributed by atoms with Gasteiger partial charge in [0.05, 0.1) is 17.8 Å². The van der Waals surface area contributed by atoms with Crippen LogP contribution in [0.15, 0.2) is 35.3 Å². The summed E-state index contributed by atoms with van der Waals surface area (Å²) in [7, 11) is -3.76. The summed E-state index contributed by atoms with van der Waals surface area (Å²) in [5, 5.41) is 4.94. The van der Waals surface area contributed by atoms with Gasteiger partial charge in [-0.2, -0.15) is 0 Å². The molecule has 0 aliphatic carbocycles. The SMILES string of the molecule is CC(NS(=O)(=O)Cc1ccccc1)C(=O)N[C@@H](C)C(=O)NC(C=O)CCCN=C(N)N. The van der Waals surface area contributed by atoms with Crippen molar-refractivity contribution < 1.29 is 22.8 Å². The molecule has 0 heterocycles. The van der Waals surface area contributed by atoms with E-state index in [0.29, 0.717) is 31.2 Å². The second-order valence-electron chi connectivity index (χ2n) is 7.01. The minimum absolute atomic E-state index is 0.0588. The van der Waals surface area contributed by atoms with E-state index in [1.165, 1.54) is 13.8 Å². The van der Waals surface area contributed by atoms with Crippen LogP contribution in [-0.4, -0.2) is 57.1 Å². The fraction of sp³-hybridized carbons (Fsp3) is 0.474. The van der Waals surface area contributed by atoms with Crippen LogP contribution in [0.2, 0.25) is 0 Å². The summed E-state index contributed by atoms with van der Waals surface area (Å²) >= 11 is 0. The molecule has 31 heavy (non-hydrogen) atoms. The Bertz CT molecular complexity index is 871. The van der Waals surface area contributed by atoms with Crippen molar-refractivity contribution in [3.05, 3.63) is 35.9 Å². The average molecular weight is 455 g/mol. The molecule has 172 valence electrons. The van der Waals surface area contributed by atoms with Crippen molar-refractivity contribution in [2.75, 3.05) is 6.54 Å². The molecule has 2 unspecified atom stereocenters. The number of aliphatic imine (C=N–C) groups is 1. The molecule has 1 aromatic carbocycles. The first-order valence-corrected chi connectivity index (χ1v) is 11.3. The molecule has 12 heteroatoms. The van der Waals surface area contributed by atoms with Gasteiger partial charge >= 0.3 is 0 Å². The molecule has 0 aliphatic rings. The van der Waals surface area contributed by atoms with Crippen molar-refractivity contribution in [3.8, 4) is 0 Å². The molecule has 0 saturated heterocycles. The Morgan fingerprint density at radius 3 is 2.26 bits per heavy atom. The molecule has 1 rings (SSSR count). The van der Waals surface area contributed by atoms with Gasteiger partial charge in [0.1, 0.15) is 12.3 Å². The van der Waals surface area contributed by atoms with Crippen LogP contribution in [0.4, 0.5) is 0 Å². The van der Waals surface area contributed by atoms with E-state index in [1.54, 1.807) is 30.3 Å². The fourth-order valence-corrected chi connectivity index (χ4v) is 3.92. The molecule has 11 nitrogen and oxygen atoms in total.